The molecule has 0 atom stereocenters. The van der Waals surface area contributed by atoms with E-state index in [1.807, 2.05) is 31.2 Å². The third-order valence-electron chi connectivity index (χ3n) is 4.94. The highest BCUT2D eigenvalue weighted by atomic mass is 127. The fourth-order valence-electron chi connectivity index (χ4n) is 3.43. The molecule has 1 aromatic heterocycles. The van der Waals surface area contributed by atoms with Crippen molar-refractivity contribution in [3.63, 3.8) is 0 Å². The third-order valence-corrected chi connectivity index (χ3v) is 5.77. The van der Waals surface area contributed by atoms with Crippen LogP contribution in [0, 0.1) is 12.8 Å². The second-order valence-corrected chi connectivity index (χ2v) is 8.19. The van der Waals surface area contributed by atoms with Gasteiger partial charge in [-0.3, -0.25) is 9.79 Å². The Hall–Kier alpha value is -1.68. The van der Waals surface area contributed by atoms with Crippen LogP contribution in [0.15, 0.2) is 34.6 Å². The molecule has 8 heteroatoms. The molecule has 0 bridgehead atoms. The molecule has 0 unspecified atom stereocenters. The quantitative estimate of drug-likeness (QED) is 0.288. The molecule has 0 aliphatic heterocycles. The Morgan fingerprint density at radius 3 is 2.76 bits per heavy atom. The van der Waals surface area contributed by atoms with Gasteiger partial charge in [-0.15, -0.1) is 35.3 Å². The molecule has 1 heterocycles. The highest BCUT2D eigenvalue weighted by Gasteiger charge is 2.22. The number of benzene rings is 1. The molecule has 29 heavy (non-hydrogen) atoms. The number of carbonyl (C=O) groups excluding carboxylic acids is 1. The van der Waals surface area contributed by atoms with Crippen molar-refractivity contribution in [2.45, 2.75) is 45.6 Å². The monoisotopic (exact) mass is 527 g/mol. The fourth-order valence-corrected chi connectivity index (χ4v) is 4.08. The Labute approximate surface area is 194 Å². The van der Waals surface area contributed by atoms with Crippen LogP contribution in [0.25, 0.3) is 0 Å². The Morgan fingerprint density at radius 2 is 2.07 bits per heavy atom. The van der Waals surface area contributed by atoms with Crippen molar-refractivity contribution in [2.24, 2.45) is 10.9 Å². The van der Waals surface area contributed by atoms with Crippen molar-refractivity contribution < 1.29 is 4.79 Å². The minimum Gasteiger partial charge on any atom is -0.356 e. The zero-order valence-corrected chi connectivity index (χ0v) is 20.2. The van der Waals surface area contributed by atoms with Gasteiger partial charge >= 0.3 is 0 Å². The number of amides is 1. The van der Waals surface area contributed by atoms with E-state index >= 15 is 0 Å². The van der Waals surface area contributed by atoms with Crippen molar-refractivity contribution in [3.05, 3.63) is 45.9 Å². The number of carbonyl (C=O) groups is 1. The molecule has 0 radical (unpaired) electrons. The minimum absolute atomic E-state index is 0. The van der Waals surface area contributed by atoms with E-state index in [1.165, 1.54) is 0 Å². The lowest BCUT2D eigenvalue weighted by molar-refractivity contribution is -0.119. The molecule has 2 aromatic rings. The second-order valence-electron chi connectivity index (χ2n) is 7.13. The summed E-state index contributed by atoms with van der Waals surface area (Å²) in [6.07, 6.45) is 5.21. The lowest BCUT2D eigenvalue weighted by Crippen LogP contribution is -2.37. The summed E-state index contributed by atoms with van der Waals surface area (Å²) in [5.74, 6) is 1.08. The van der Waals surface area contributed by atoms with Gasteiger partial charge in [0, 0.05) is 43.5 Å². The summed E-state index contributed by atoms with van der Waals surface area (Å²) in [6, 6.07) is 7.98. The van der Waals surface area contributed by atoms with Crippen LogP contribution in [0.4, 0.5) is 5.69 Å². The van der Waals surface area contributed by atoms with E-state index in [0.717, 1.165) is 66.6 Å². The van der Waals surface area contributed by atoms with Crippen molar-refractivity contribution in [2.75, 3.05) is 18.9 Å². The molecule has 3 N–H and O–H groups in total. The number of anilines is 1. The van der Waals surface area contributed by atoms with Crippen LogP contribution in [0.5, 0.6) is 0 Å². The number of hydrogen-bond acceptors (Lipinski definition) is 4. The predicted octanol–water partition coefficient (Wildman–Crippen LogP) is 4.11. The second kappa shape index (κ2) is 12.1. The van der Waals surface area contributed by atoms with E-state index < -0.39 is 0 Å². The number of aliphatic imine (C=N–C) groups is 1. The maximum atomic E-state index is 12.3. The summed E-state index contributed by atoms with van der Waals surface area (Å²) in [5, 5.41) is 12.9. The minimum atomic E-state index is 0. The topological polar surface area (TPSA) is 78.4 Å². The van der Waals surface area contributed by atoms with Gasteiger partial charge < -0.3 is 16.0 Å². The summed E-state index contributed by atoms with van der Waals surface area (Å²) in [6.45, 7) is 3.44. The van der Waals surface area contributed by atoms with Gasteiger partial charge in [0.05, 0.1) is 10.7 Å². The first-order chi connectivity index (χ1) is 13.6. The van der Waals surface area contributed by atoms with Gasteiger partial charge in [-0.1, -0.05) is 25.0 Å². The summed E-state index contributed by atoms with van der Waals surface area (Å²) in [4.78, 5) is 21.1. The van der Waals surface area contributed by atoms with E-state index in [4.69, 9.17) is 0 Å². The first-order valence-electron chi connectivity index (χ1n) is 9.89. The Kier molecular flexibility index (Phi) is 9.86. The van der Waals surface area contributed by atoms with E-state index in [9.17, 15) is 4.79 Å². The number of nitrogens with one attached hydrogen (secondary N) is 3. The van der Waals surface area contributed by atoms with Crippen molar-refractivity contribution >= 4 is 52.9 Å². The number of aryl methyl sites for hydroxylation is 1. The normalized spacial score (nSPS) is 14.3. The average Bonchev–Trinajstić information content (AvgIpc) is 3.37. The third kappa shape index (κ3) is 7.58. The van der Waals surface area contributed by atoms with Crippen molar-refractivity contribution in [3.8, 4) is 0 Å². The maximum absolute atomic E-state index is 12.3. The molecule has 0 saturated heterocycles. The van der Waals surface area contributed by atoms with E-state index in [1.54, 1.807) is 18.4 Å². The van der Waals surface area contributed by atoms with Crippen LogP contribution >= 0.6 is 35.3 Å². The van der Waals surface area contributed by atoms with Crippen molar-refractivity contribution in [1.29, 1.82) is 0 Å². The van der Waals surface area contributed by atoms with Crippen LogP contribution in [0.1, 0.15) is 41.9 Å². The lowest BCUT2D eigenvalue weighted by Gasteiger charge is -2.13. The first kappa shape index (κ1) is 23.6. The molecule has 3 rings (SSSR count). The fraction of sp³-hybridized carbons (Fsp3) is 0.476. The number of hydrogen-bond donors (Lipinski definition) is 3. The van der Waals surface area contributed by atoms with Gasteiger partial charge in [0.1, 0.15) is 0 Å². The van der Waals surface area contributed by atoms with E-state index in [2.05, 4.69) is 31.3 Å². The number of aromatic nitrogens is 1. The highest BCUT2D eigenvalue weighted by molar-refractivity contribution is 14.0. The molecule has 6 nitrogen and oxygen atoms in total. The summed E-state index contributed by atoms with van der Waals surface area (Å²) in [5.41, 5.74) is 3.07. The summed E-state index contributed by atoms with van der Waals surface area (Å²) < 4.78 is 0. The standard InChI is InChI=1S/C21H29N5OS.HI/c1-15-25-19(14-28-15)10-11-23-21(22-2)24-13-16-6-5-9-18(12-16)26-20(27)17-7-3-4-8-17;/h5-6,9,12,14,17H,3-4,7-8,10-11,13H2,1-2H3,(H,26,27)(H2,22,23,24);1H. The Balaban J connectivity index is 0.00000300. The highest BCUT2D eigenvalue weighted by Crippen LogP contribution is 2.26. The van der Waals surface area contributed by atoms with Gasteiger partial charge in [0.25, 0.3) is 0 Å². The smallest absolute Gasteiger partial charge is 0.227 e. The largest absolute Gasteiger partial charge is 0.356 e. The molecule has 1 saturated carbocycles. The Bertz CT molecular complexity index is 817. The molecule has 1 amide bonds. The molecule has 0 spiro atoms. The molecule has 1 aliphatic rings. The Morgan fingerprint density at radius 1 is 1.28 bits per heavy atom. The maximum Gasteiger partial charge on any atom is 0.227 e. The van der Waals surface area contributed by atoms with Gasteiger partial charge in [-0.05, 0) is 37.5 Å². The van der Waals surface area contributed by atoms with Crippen molar-refractivity contribution in [1.82, 2.24) is 15.6 Å². The van der Waals surface area contributed by atoms with Crippen LogP contribution in [-0.2, 0) is 17.8 Å². The first-order valence-corrected chi connectivity index (χ1v) is 10.8. The lowest BCUT2D eigenvalue weighted by atomic mass is 10.1. The molecule has 1 aliphatic carbocycles. The van der Waals surface area contributed by atoms with E-state index in [-0.39, 0.29) is 35.8 Å². The number of nitrogens with zero attached hydrogens (tertiary/aromatic N) is 2. The van der Waals surface area contributed by atoms with Crippen LogP contribution in [0.3, 0.4) is 0 Å². The molecular formula is C21H30IN5OS. The SMILES string of the molecule is CN=C(NCCc1csc(C)n1)NCc1cccc(NC(=O)C2CCCC2)c1.I. The molecule has 158 valence electrons. The zero-order valence-electron chi connectivity index (χ0n) is 17.0. The summed E-state index contributed by atoms with van der Waals surface area (Å²) >= 11 is 1.68. The summed E-state index contributed by atoms with van der Waals surface area (Å²) in [7, 11) is 1.76. The van der Waals surface area contributed by atoms with E-state index in [0.29, 0.717) is 6.54 Å². The molecule has 1 aromatic carbocycles. The number of rotatable bonds is 7. The van der Waals surface area contributed by atoms with Crippen LogP contribution in [0.2, 0.25) is 0 Å². The van der Waals surface area contributed by atoms with Gasteiger partial charge in [-0.25, -0.2) is 4.98 Å². The van der Waals surface area contributed by atoms with Gasteiger partial charge in [0.2, 0.25) is 5.91 Å². The van der Waals surface area contributed by atoms with Gasteiger partial charge in [-0.2, -0.15) is 0 Å². The predicted molar refractivity (Wildman–Crippen MR) is 131 cm³/mol. The number of thiazole rings is 1. The van der Waals surface area contributed by atoms with Crippen LogP contribution in [-0.4, -0.2) is 30.4 Å². The number of guanidine groups is 1. The van der Waals surface area contributed by atoms with Crippen LogP contribution < -0.4 is 16.0 Å². The average molecular weight is 527 g/mol. The van der Waals surface area contributed by atoms with Gasteiger partial charge in [0.15, 0.2) is 5.96 Å². The number of halogens is 1. The zero-order chi connectivity index (χ0) is 19.8. The molecular weight excluding hydrogens is 497 g/mol. The molecule has 1 fully saturated rings.